The number of hydrogen-bond donors (Lipinski definition) is 1. The van der Waals surface area contributed by atoms with E-state index in [4.69, 9.17) is 11.0 Å². The lowest BCUT2D eigenvalue weighted by Crippen LogP contribution is -2.40. The molecule has 5 nitrogen and oxygen atoms in total. The number of aromatic nitrogens is 2. The third kappa shape index (κ3) is 3.95. The van der Waals surface area contributed by atoms with Crippen molar-refractivity contribution in [1.82, 2.24) is 9.97 Å². The molecule has 1 fully saturated rings. The van der Waals surface area contributed by atoms with E-state index < -0.39 is 17.5 Å². The van der Waals surface area contributed by atoms with Crippen molar-refractivity contribution in [3.05, 3.63) is 77.6 Å². The first-order valence-corrected chi connectivity index (χ1v) is 10.9. The van der Waals surface area contributed by atoms with Gasteiger partial charge in [0.25, 0.3) is 0 Å². The van der Waals surface area contributed by atoms with Crippen LogP contribution in [0.15, 0.2) is 54.6 Å². The number of rotatable bonds is 3. The maximum Gasteiger partial charge on any atom is 0.226 e. The lowest BCUT2D eigenvalue weighted by Gasteiger charge is -2.30. The Bertz CT molecular complexity index is 1440. The van der Waals surface area contributed by atoms with Gasteiger partial charge in [-0.25, -0.2) is 23.1 Å². The molecule has 1 aromatic heterocycles. The van der Waals surface area contributed by atoms with E-state index in [0.717, 1.165) is 12.8 Å². The van der Waals surface area contributed by atoms with Crippen LogP contribution in [-0.4, -0.2) is 29.1 Å². The fraction of sp³-hybridized carbons (Fsp3) is 0.192. The first kappa shape index (κ1) is 21.9. The van der Waals surface area contributed by atoms with Crippen LogP contribution >= 0.6 is 0 Å². The van der Waals surface area contributed by atoms with Gasteiger partial charge in [0.1, 0.15) is 29.0 Å². The molecular weight excluding hydrogens is 439 g/mol. The smallest absolute Gasteiger partial charge is 0.226 e. The van der Waals surface area contributed by atoms with Gasteiger partial charge in [-0.3, -0.25) is 0 Å². The number of nitrogens with two attached hydrogens (primary N) is 1. The van der Waals surface area contributed by atoms with Crippen LogP contribution < -0.4 is 10.6 Å². The molecule has 1 saturated heterocycles. The normalized spacial score (nSPS) is 14.4. The van der Waals surface area contributed by atoms with E-state index in [0.29, 0.717) is 41.2 Å². The summed E-state index contributed by atoms with van der Waals surface area (Å²) in [4.78, 5) is 11.1. The Morgan fingerprint density at radius 1 is 0.882 bits per heavy atom. The molecule has 3 aromatic carbocycles. The molecule has 0 bridgehead atoms. The van der Waals surface area contributed by atoms with Crippen molar-refractivity contribution < 1.29 is 13.2 Å². The minimum Gasteiger partial charge on any atom is -0.341 e. The maximum absolute atomic E-state index is 15.4. The molecule has 0 amide bonds. The molecule has 2 N–H and O–H groups in total. The van der Waals surface area contributed by atoms with Gasteiger partial charge in [0.05, 0.1) is 11.3 Å². The first-order valence-electron chi connectivity index (χ1n) is 10.9. The second-order valence-electron chi connectivity index (χ2n) is 8.34. The molecule has 1 aliphatic heterocycles. The molecular formula is C26H20F3N5. The highest BCUT2D eigenvalue weighted by atomic mass is 19.1. The predicted molar refractivity (Wildman–Crippen MR) is 124 cm³/mol. The summed E-state index contributed by atoms with van der Waals surface area (Å²) in [6.07, 6.45) is 1.49. The van der Waals surface area contributed by atoms with Crippen molar-refractivity contribution in [2.75, 3.05) is 18.0 Å². The van der Waals surface area contributed by atoms with Crippen molar-refractivity contribution >= 4 is 16.9 Å². The Hall–Kier alpha value is -3.96. The van der Waals surface area contributed by atoms with Crippen molar-refractivity contribution in [1.29, 1.82) is 5.26 Å². The fourth-order valence-corrected chi connectivity index (χ4v) is 4.24. The zero-order valence-corrected chi connectivity index (χ0v) is 18.1. The maximum atomic E-state index is 15.4. The van der Waals surface area contributed by atoms with Crippen LogP contribution in [-0.2, 0) is 0 Å². The Morgan fingerprint density at radius 2 is 1.62 bits per heavy atom. The van der Waals surface area contributed by atoms with Gasteiger partial charge in [0.2, 0.25) is 5.95 Å². The average molecular weight is 459 g/mol. The summed E-state index contributed by atoms with van der Waals surface area (Å²) in [6.45, 7) is 1.23. The fourth-order valence-electron chi connectivity index (χ4n) is 4.24. The van der Waals surface area contributed by atoms with Gasteiger partial charge in [-0.15, -0.1) is 0 Å². The van der Waals surface area contributed by atoms with Gasteiger partial charge >= 0.3 is 0 Å². The molecule has 34 heavy (non-hydrogen) atoms. The summed E-state index contributed by atoms with van der Waals surface area (Å²) >= 11 is 0. The first-order chi connectivity index (χ1) is 16.4. The van der Waals surface area contributed by atoms with Crippen LogP contribution in [0.2, 0.25) is 0 Å². The number of nitriles is 1. The molecule has 170 valence electrons. The van der Waals surface area contributed by atoms with Gasteiger partial charge in [-0.1, -0.05) is 24.3 Å². The molecule has 0 aliphatic carbocycles. The lowest BCUT2D eigenvalue weighted by atomic mass is 9.99. The van der Waals surface area contributed by atoms with Gasteiger partial charge in [0.15, 0.2) is 0 Å². The van der Waals surface area contributed by atoms with E-state index in [2.05, 4.69) is 9.97 Å². The van der Waals surface area contributed by atoms with Gasteiger partial charge < -0.3 is 10.6 Å². The van der Waals surface area contributed by atoms with E-state index in [9.17, 15) is 8.78 Å². The standard InChI is InChI=1S/C26H20F3N5/c27-21-4-2-1-3-19(21)17-11-20-24(15-5-6-16(14-30)22(28)12-15)32-26(33-25(20)23(29)13-17)34-9-7-18(31)8-10-34/h1-6,11-13,18H,7-10,31H2. The summed E-state index contributed by atoms with van der Waals surface area (Å²) in [5.41, 5.74) is 7.18. The molecule has 0 radical (unpaired) electrons. The molecule has 0 unspecified atom stereocenters. The Kier molecular flexibility index (Phi) is 5.64. The number of halogens is 3. The number of piperidine rings is 1. The molecule has 1 aliphatic rings. The van der Waals surface area contributed by atoms with E-state index >= 15 is 4.39 Å². The van der Waals surface area contributed by atoms with E-state index in [1.54, 1.807) is 36.4 Å². The summed E-state index contributed by atoms with van der Waals surface area (Å²) in [5, 5.41) is 9.41. The van der Waals surface area contributed by atoms with Crippen molar-refractivity contribution in [2.45, 2.75) is 18.9 Å². The number of fused-ring (bicyclic) bond motifs is 1. The highest BCUT2D eigenvalue weighted by Crippen LogP contribution is 2.35. The van der Waals surface area contributed by atoms with E-state index in [1.807, 2.05) is 4.90 Å². The van der Waals surface area contributed by atoms with Crippen LogP contribution in [0.25, 0.3) is 33.3 Å². The quantitative estimate of drug-likeness (QED) is 0.457. The lowest BCUT2D eigenvalue weighted by molar-refractivity contribution is 0.496. The van der Waals surface area contributed by atoms with E-state index in [-0.39, 0.29) is 22.7 Å². The molecule has 2 heterocycles. The molecule has 0 saturated carbocycles. The third-order valence-electron chi connectivity index (χ3n) is 6.11. The summed E-state index contributed by atoms with van der Waals surface area (Å²) in [7, 11) is 0. The Labute approximate surface area is 194 Å². The van der Waals surface area contributed by atoms with Crippen molar-refractivity contribution in [3.63, 3.8) is 0 Å². The SMILES string of the molecule is N#Cc1ccc(-c2nc(N3CCC(N)CC3)nc3c(F)cc(-c4ccccc4F)cc23)cc1F. The summed E-state index contributed by atoms with van der Waals surface area (Å²) in [6, 6.07) is 14.9. The highest BCUT2D eigenvalue weighted by Gasteiger charge is 2.22. The summed E-state index contributed by atoms with van der Waals surface area (Å²) in [5.74, 6) is -1.52. The molecule has 8 heteroatoms. The van der Waals surface area contributed by atoms with Gasteiger partial charge in [0, 0.05) is 35.6 Å². The molecule has 0 atom stereocenters. The minimum atomic E-state index is -0.706. The van der Waals surface area contributed by atoms with Crippen LogP contribution in [0.5, 0.6) is 0 Å². The number of benzene rings is 3. The van der Waals surface area contributed by atoms with Crippen LogP contribution in [0.1, 0.15) is 18.4 Å². The second-order valence-corrected chi connectivity index (χ2v) is 8.34. The molecule has 0 spiro atoms. The number of hydrogen-bond acceptors (Lipinski definition) is 5. The molecule has 5 rings (SSSR count). The second kappa shape index (κ2) is 8.76. The van der Waals surface area contributed by atoms with Crippen molar-refractivity contribution in [3.8, 4) is 28.5 Å². The zero-order chi connectivity index (χ0) is 23.8. The van der Waals surface area contributed by atoms with E-state index in [1.165, 1.54) is 24.3 Å². The number of nitrogens with zero attached hydrogens (tertiary/aromatic N) is 4. The zero-order valence-electron chi connectivity index (χ0n) is 18.1. The highest BCUT2D eigenvalue weighted by molar-refractivity contribution is 5.96. The largest absolute Gasteiger partial charge is 0.341 e. The van der Waals surface area contributed by atoms with Crippen molar-refractivity contribution in [2.24, 2.45) is 5.73 Å². The Morgan fingerprint density at radius 3 is 2.32 bits per heavy atom. The van der Waals surface area contributed by atoms with Gasteiger partial charge in [-0.2, -0.15) is 5.26 Å². The Balaban J connectivity index is 1.75. The minimum absolute atomic E-state index is 0.0553. The molecule has 4 aromatic rings. The topological polar surface area (TPSA) is 78.8 Å². The van der Waals surface area contributed by atoms with Gasteiger partial charge in [-0.05, 0) is 48.7 Å². The van der Waals surface area contributed by atoms with Crippen LogP contribution in [0.4, 0.5) is 19.1 Å². The number of anilines is 1. The van der Waals surface area contributed by atoms with Crippen LogP contribution in [0.3, 0.4) is 0 Å². The third-order valence-corrected chi connectivity index (χ3v) is 6.11. The average Bonchev–Trinajstić information content (AvgIpc) is 2.84. The summed E-state index contributed by atoms with van der Waals surface area (Å²) < 4.78 is 44.4. The monoisotopic (exact) mass is 459 g/mol. The predicted octanol–water partition coefficient (Wildman–Crippen LogP) is 5.18. The van der Waals surface area contributed by atoms with Crippen LogP contribution in [0, 0.1) is 28.8 Å².